The molecule has 0 fully saturated rings. The summed E-state index contributed by atoms with van der Waals surface area (Å²) in [6.45, 7) is 7.17. The Bertz CT molecular complexity index is 2410. The standard InChI is InChI=1S/C44H51N5O10S/c1-21-11-24-12-26(15-45)49-31(17-56-19-51)33-34(39(59-23(3)52)22(2)40-41(33)58-20-57-40)42(36(49)35(48(5)6)32(24)37(53)38(21)55-8)60-18-44(4)43-29(13-25(16-50)47-44)28-14-27(54-7)9-10-30(28)46-43/h9-11,14,19,25-26,31,35-36,42,46-47,50,53H,12-13,16-18,20H2,1-8H3/t25-,26+,31-,35-,36+,42+,44+/m0/s1. The molecule has 5 heterocycles. The maximum atomic E-state index is 13.1. The summed E-state index contributed by atoms with van der Waals surface area (Å²) < 4.78 is 35.5. The Balaban J connectivity index is 1.41. The molecule has 16 heteroatoms. The van der Waals surface area contributed by atoms with Crippen molar-refractivity contribution in [1.29, 1.82) is 5.26 Å². The molecule has 4 aromatic rings. The van der Waals surface area contributed by atoms with Crippen LogP contribution in [0.5, 0.6) is 34.5 Å². The summed E-state index contributed by atoms with van der Waals surface area (Å²) in [6, 6.07) is 7.41. The molecule has 0 unspecified atom stereocenters. The van der Waals surface area contributed by atoms with Gasteiger partial charge >= 0.3 is 5.97 Å². The fourth-order valence-corrected chi connectivity index (χ4v) is 11.9. The molecule has 15 nitrogen and oxygen atoms in total. The first-order valence-electron chi connectivity index (χ1n) is 19.9. The average Bonchev–Trinajstić information content (AvgIpc) is 3.83. The number of aliphatic hydroxyl groups excluding tert-OH is 1. The first-order valence-corrected chi connectivity index (χ1v) is 21.0. The number of hydrogen-bond acceptors (Lipinski definition) is 15. The Morgan fingerprint density at radius 2 is 1.88 bits per heavy atom. The van der Waals surface area contributed by atoms with Gasteiger partial charge in [0, 0.05) is 70.0 Å². The molecule has 4 N–H and O–H groups in total. The molecular formula is C44H51N5O10S. The lowest BCUT2D eigenvalue weighted by atomic mass is 9.80. The van der Waals surface area contributed by atoms with E-state index in [9.17, 15) is 25.1 Å². The largest absolute Gasteiger partial charge is 0.504 e. The van der Waals surface area contributed by atoms with Gasteiger partial charge in [-0.05, 0) is 76.2 Å². The zero-order valence-corrected chi connectivity index (χ0v) is 35.8. The van der Waals surface area contributed by atoms with E-state index < -0.39 is 40.9 Å². The van der Waals surface area contributed by atoms with Gasteiger partial charge in [-0.3, -0.25) is 14.5 Å². The average molecular weight is 842 g/mol. The monoisotopic (exact) mass is 841 g/mol. The van der Waals surface area contributed by atoms with E-state index in [2.05, 4.69) is 28.2 Å². The number of carbonyl (C=O) groups is 2. The Morgan fingerprint density at radius 1 is 1.12 bits per heavy atom. The summed E-state index contributed by atoms with van der Waals surface area (Å²) in [7, 11) is 7.01. The van der Waals surface area contributed by atoms with Gasteiger partial charge in [0.05, 0.1) is 49.8 Å². The summed E-state index contributed by atoms with van der Waals surface area (Å²) in [6.07, 6.45) is 0.820. The summed E-state index contributed by atoms with van der Waals surface area (Å²) in [4.78, 5) is 33.0. The van der Waals surface area contributed by atoms with Crippen LogP contribution in [0.15, 0.2) is 24.3 Å². The third-order valence-corrected chi connectivity index (χ3v) is 14.2. The Labute approximate surface area is 352 Å². The van der Waals surface area contributed by atoms with E-state index in [1.165, 1.54) is 14.0 Å². The van der Waals surface area contributed by atoms with Crippen LogP contribution < -0.4 is 29.0 Å². The number of phenolic OH excluding ortho intramolecular Hbond substituents is 1. The highest BCUT2D eigenvalue weighted by Gasteiger charge is 2.56. The smallest absolute Gasteiger partial charge is 0.308 e. The number of nitriles is 1. The van der Waals surface area contributed by atoms with Crippen LogP contribution in [0, 0.1) is 25.2 Å². The van der Waals surface area contributed by atoms with E-state index in [0.29, 0.717) is 63.9 Å². The van der Waals surface area contributed by atoms with Gasteiger partial charge in [-0.15, -0.1) is 11.8 Å². The highest BCUT2D eigenvalue weighted by atomic mass is 32.2. The summed E-state index contributed by atoms with van der Waals surface area (Å²) in [5.74, 6) is 2.04. The first kappa shape index (κ1) is 41.5. The number of ether oxygens (including phenoxy) is 6. The van der Waals surface area contributed by atoms with Crippen LogP contribution in [0.1, 0.15) is 75.8 Å². The number of carbonyl (C=O) groups excluding carboxylic acids is 2. The van der Waals surface area contributed by atoms with Crippen molar-refractivity contribution in [3.63, 3.8) is 0 Å². The molecule has 0 aliphatic carbocycles. The highest BCUT2D eigenvalue weighted by Crippen LogP contribution is 2.62. The van der Waals surface area contributed by atoms with Crippen LogP contribution in [0.2, 0.25) is 0 Å². The third-order valence-electron chi connectivity index (χ3n) is 12.6. The van der Waals surface area contributed by atoms with E-state index >= 15 is 0 Å². The molecule has 318 valence electrons. The molecule has 0 saturated carbocycles. The minimum Gasteiger partial charge on any atom is -0.504 e. The number of fused-ring (bicyclic) bond motifs is 8. The molecular weight excluding hydrogens is 791 g/mol. The van der Waals surface area contributed by atoms with Crippen molar-refractivity contribution >= 4 is 35.1 Å². The number of likely N-dealkylation sites (N-methyl/N-ethyl adjacent to an activating group) is 1. The number of aliphatic hydroxyl groups is 1. The number of aromatic hydroxyl groups is 1. The quantitative estimate of drug-likeness (QED) is 0.0896. The molecule has 7 atom stereocenters. The molecule has 0 radical (unpaired) electrons. The van der Waals surface area contributed by atoms with Gasteiger partial charge in [-0.25, -0.2) is 0 Å². The van der Waals surface area contributed by atoms with Crippen molar-refractivity contribution < 1.29 is 48.2 Å². The molecule has 3 aromatic carbocycles. The molecule has 60 heavy (non-hydrogen) atoms. The van der Waals surface area contributed by atoms with Crippen molar-refractivity contribution in [2.24, 2.45) is 0 Å². The molecule has 0 spiro atoms. The molecule has 0 bridgehead atoms. The number of benzene rings is 3. The lowest BCUT2D eigenvalue weighted by Crippen LogP contribution is -2.57. The Kier molecular flexibility index (Phi) is 11.1. The van der Waals surface area contributed by atoms with Gasteiger partial charge in [0.1, 0.15) is 24.1 Å². The van der Waals surface area contributed by atoms with E-state index in [-0.39, 0.29) is 38.2 Å². The van der Waals surface area contributed by atoms with Crippen LogP contribution in [-0.4, -0.2) is 110 Å². The molecule has 0 amide bonds. The van der Waals surface area contributed by atoms with Gasteiger partial charge in [-0.1, -0.05) is 6.07 Å². The highest BCUT2D eigenvalue weighted by molar-refractivity contribution is 7.99. The second-order valence-electron chi connectivity index (χ2n) is 16.4. The predicted molar refractivity (Wildman–Crippen MR) is 223 cm³/mol. The number of H-pyrrole nitrogens is 1. The molecule has 1 aromatic heterocycles. The number of aryl methyl sites for hydroxylation is 1. The second-order valence-corrected chi connectivity index (χ2v) is 17.5. The number of esters is 1. The number of methoxy groups -OCH3 is 2. The predicted octanol–water partition coefficient (Wildman–Crippen LogP) is 5.01. The van der Waals surface area contributed by atoms with Crippen molar-refractivity contribution in [2.45, 2.75) is 81.5 Å². The number of aromatic nitrogens is 1. The molecule has 4 aliphatic heterocycles. The number of thioether (sulfide) groups is 1. The Morgan fingerprint density at radius 3 is 2.55 bits per heavy atom. The summed E-state index contributed by atoms with van der Waals surface area (Å²) >= 11 is 1.61. The number of rotatable bonds is 11. The number of phenols is 1. The normalized spacial score (nSPS) is 25.4. The van der Waals surface area contributed by atoms with E-state index in [0.717, 1.165) is 39.0 Å². The van der Waals surface area contributed by atoms with E-state index in [1.807, 2.05) is 57.1 Å². The summed E-state index contributed by atoms with van der Waals surface area (Å²) in [5.41, 5.74) is 6.14. The van der Waals surface area contributed by atoms with Gasteiger partial charge in [0.2, 0.25) is 6.79 Å². The fourth-order valence-electron chi connectivity index (χ4n) is 10.2. The minimum absolute atomic E-state index is 0.0214. The van der Waals surface area contributed by atoms with Crippen molar-refractivity contribution in [2.75, 3.05) is 54.1 Å². The van der Waals surface area contributed by atoms with Crippen LogP contribution in [-0.2, 0) is 32.7 Å². The minimum atomic E-state index is -0.795. The van der Waals surface area contributed by atoms with Crippen LogP contribution in [0.4, 0.5) is 0 Å². The fraction of sp³-hybridized carbons (Fsp3) is 0.477. The van der Waals surface area contributed by atoms with Gasteiger partial charge in [0.25, 0.3) is 6.47 Å². The first-order chi connectivity index (χ1) is 28.8. The number of nitrogens with one attached hydrogen (secondary N) is 2. The number of aromatic amines is 1. The Hall–Kier alpha value is -5.18. The van der Waals surface area contributed by atoms with Crippen molar-refractivity contribution in [1.82, 2.24) is 20.1 Å². The second kappa shape index (κ2) is 16.0. The van der Waals surface area contributed by atoms with E-state index in [4.69, 9.17) is 28.4 Å². The third kappa shape index (κ3) is 6.58. The van der Waals surface area contributed by atoms with E-state index in [1.54, 1.807) is 18.9 Å². The van der Waals surface area contributed by atoms with Crippen molar-refractivity contribution in [3.05, 3.63) is 68.9 Å². The molecule has 0 saturated heterocycles. The topological polar surface area (TPSA) is 188 Å². The van der Waals surface area contributed by atoms with Crippen LogP contribution >= 0.6 is 11.8 Å². The molecule has 4 aliphatic rings. The maximum Gasteiger partial charge on any atom is 0.308 e. The number of nitrogens with zero attached hydrogens (tertiary/aromatic N) is 3. The lowest BCUT2D eigenvalue weighted by Gasteiger charge is -2.52. The zero-order valence-electron chi connectivity index (χ0n) is 35.0. The summed E-state index contributed by atoms with van der Waals surface area (Å²) in [5, 5.41) is 38.2. The SMILES string of the molecule is COc1ccc2[nH]c3c(c2c1)C[C@@H](CO)N[C@]3(C)CS[C@@H]1c2c(OC(C)=O)c(C)c3c(c2[C@H](COC=O)N2[C@@H]1[C@@H](N(C)C)c1c(cc(C)c(OC)c1O)C[C@@H]2C#N)OCO3. The molecule has 8 rings (SSSR count). The van der Waals surface area contributed by atoms with Crippen molar-refractivity contribution in [3.8, 4) is 40.6 Å². The zero-order chi connectivity index (χ0) is 42.8. The van der Waals surface area contributed by atoms with Gasteiger partial charge in [-0.2, -0.15) is 5.26 Å². The van der Waals surface area contributed by atoms with Crippen LogP contribution in [0.3, 0.4) is 0 Å². The van der Waals surface area contributed by atoms with Gasteiger partial charge in [0.15, 0.2) is 23.0 Å². The number of hydrogen-bond donors (Lipinski definition) is 4. The lowest BCUT2D eigenvalue weighted by molar-refractivity contribution is -0.132. The van der Waals surface area contributed by atoms with Gasteiger partial charge < -0.3 is 53.8 Å². The van der Waals surface area contributed by atoms with Crippen LogP contribution in [0.25, 0.3) is 10.9 Å². The maximum absolute atomic E-state index is 13.1.